The number of ether oxygens (including phenoxy) is 1. The average molecular weight is 357 g/mol. The number of benzene rings is 1. The van der Waals surface area contributed by atoms with Crippen molar-refractivity contribution < 1.29 is 4.74 Å². The summed E-state index contributed by atoms with van der Waals surface area (Å²) in [6.07, 6.45) is 9.93. The van der Waals surface area contributed by atoms with Gasteiger partial charge in [0, 0.05) is 5.54 Å². The largest absolute Gasteiger partial charge is 0.457 e. The summed E-state index contributed by atoms with van der Waals surface area (Å²) < 4.78 is 5.63. The SMILES string of the molecule is C#CC#CC#CC#CC#CC.C=C/C(=C\C=C\Cl)Oc1ccccc1C. The minimum absolute atomic E-state index is 0.668. The average Bonchev–Trinajstić information content (AvgIpc) is 2.66. The zero-order valence-corrected chi connectivity index (χ0v) is 15.4. The fraction of sp³-hybridized carbons (Fsp3) is 0.0833. The number of halogens is 1. The quantitative estimate of drug-likeness (QED) is 0.426. The molecule has 0 saturated carbocycles. The number of para-hydroxylation sites is 1. The van der Waals surface area contributed by atoms with Crippen molar-refractivity contribution in [2.75, 3.05) is 0 Å². The zero-order chi connectivity index (χ0) is 19.5. The Kier molecular flexibility index (Phi) is 13.9. The number of rotatable bonds is 4. The number of terminal acetylenes is 1. The van der Waals surface area contributed by atoms with Gasteiger partial charge < -0.3 is 4.74 Å². The molecule has 0 aliphatic heterocycles. The van der Waals surface area contributed by atoms with Gasteiger partial charge in [-0.25, -0.2) is 0 Å². The van der Waals surface area contributed by atoms with Gasteiger partial charge in [-0.05, 0) is 91.1 Å². The Hall–Kier alpha value is -3.67. The Labute approximate surface area is 161 Å². The van der Waals surface area contributed by atoms with Crippen LogP contribution in [0.1, 0.15) is 12.5 Å². The summed E-state index contributed by atoms with van der Waals surface area (Å²) in [5.41, 5.74) is 2.50. The number of hydrogen-bond acceptors (Lipinski definition) is 1. The lowest BCUT2D eigenvalue weighted by Gasteiger charge is -2.08. The molecule has 0 aliphatic rings. The van der Waals surface area contributed by atoms with E-state index >= 15 is 0 Å². The first-order valence-corrected chi connectivity index (χ1v) is 7.83. The Morgan fingerprint density at radius 3 is 2.23 bits per heavy atom. The first kappa shape index (κ1) is 22.3. The molecule has 0 bridgehead atoms. The van der Waals surface area contributed by atoms with Crippen molar-refractivity contribution in [1.82, 2.24) is 0 Å². The third kappa shape index (κ3) is 11.8. The van der Waals surface area contributed by atoms with E-state index < -0.39 is 0 Å². The van der Waals surface area contributed by atoms with E-state index in [0.29, 0.717) is 5.76 Å². The summed E-state index contributed by atoms with van der Waals surface area (Å²) in [7, 11) is 0. The highest BCUT2D eigenvalue weighted by Crippen LogP contribution is 2.19. The van der Waals surface area contributed by atoms with Crippen molar-refractivity contribution in [2.45, 2.75) is 13.8 Å². The predicted molar refractivity (Wildman–Crippen MR) is 111 cm³/mol. The molecule has 1 aromatic carbocycles. The molecule has 0 aromatic heterocycles. The summed E-state index contributed by atoms with van der Waals surface area (Å²) in [4.78, 5) is 0. The Morgan fingerprint density at radius 2 is 1.69 bits per heavy atom. The van der Waals surface area contributed by atoms with Crippen LogP contribution in [0.5, 0.6) is 5.75 Å². The van der Waals surface area contributed by atoms with Crippen LogP contribution in [0.15, 0.2) is 60.4 Å². The highest BCUT2D eigenvalue weighted by Gasteiger charge is 1.98. The van der Waals surface area contributed by atoms with Crippen molar-refractivity contribution >= 4 is 11.6 Å². The van der Waals surface area contributed by atoms with E-state index in [1.165, 1.54) is 5.54 Å². The molecule has 0 unspecified atom stereocenters. The maximum absolute atomic E-state index is 5.63. The van der Waals surface area contributed by atoms with Crippen LogP contribution in [0.3, 0.4) is 0 Å². The van der Waals surface area contributed by atoms with E-state index in [9.17, 15) is 0 Å². The van der Waals surface area contributed by atoms with Gasteiger partial charge in [0.2, 0.25) is 0 Å². The molecule has 0 aliphatic carbocycles. The number of hydrogen-bond donors (Lipinski definition) is 0. The summed E-state index contributed by atoms with van der Waals surface area (Å²) in [6.45, 7) is 7.37. The van der Waals surface area contributed by atoms with Gasteiger partial charge in [-0.2, -0.15) is 0 Å². The first-order valence-electron chi connectivity index (χ1n) is 7.39. The van der Waals surface area contributed by atoms with E-state index in [2.05, 4.69) is 59.9 Å². The van der Waals surface area contributed by atoms with Gasteiger partial charge in [0.05, 0.1) is 0 Å². The van der Waals surface area contributed by atoms with Gasteiger partial charge in [0.1, 0.15) is 11.5 Å². The maximum atomic E-state index is 5.63. The fourth-order valence-electron chi connectivity index (χ4n) is 1.33. The van der Waals surface area contributed by atoms with Crippen LogP contribution in [0.2, 0.25) is 0 Å². The lowest BCUT2D eigenvalue weighted by Crippen LogP contribution is -1.93. The lowest BCUT2D eigenvalue weighted by molar-refractivity contribution is 0.441. The Bertz CT molecular complexity index is 941. The Balaban J connectivity index is 0.000000508. The van der Waals surface area contributed by atoms with Crippen LogP contribution in [-0.2, 0) is 0 Å². The van der Waals surface area contributed by atoms with E-state index in [1.807, 2.05) is 31.2 Å². The molecule has 1 aromatic rings. The molecule has 0 fully saturated rings. The van der Waals surface area contributed by atoms with Crippen LogP contribution in [-0.4, -0.2) is 0 Å². The van der Waals surface area contributed by atoms with Crippen LogP contribution in [0.25, 0.3) is 0 Å². The summed E-state index contributed by atoms with van der Waals surface area (Å²) in [5, 5.41) is 0. The summed E-state index contributed by atoms with van der Waals surface area (Å²) >= 11 is 5.42. The third-order valence-corrected chi connectivity index (χ3v) is 2.57. The van der Waals surface area contributed by atoms with Crippen molar-refractivity contribution in [3.63, 3.8) is 0 Å². The second-order valence-corrected chi connectivity index (χ2v) is 4.48. The molecule has 2 heteroatoms. The van der Waals surface area contributed by atoms with Crippen molar-refractivity contribution in [1.29, 1.82) is 0 Å². The molecule has 1 rings (SSSR count). The zero-order valence-electron chi connectivity index (χ0n) is 14.7. The fourth-order valence-corrected chi connectivity index (χ4v) is 1.40. The molecule has 0 saturated heterocycles. The minimum atomic E-state index is 0.668. The minimum Gasteiger partial charge on any atom is -0.457 e. The highest BCUT2D eigenvalue weighted by atomic mass is 35.5. The standard InChI is InChI=1S/C13H13ClO.C11H4/c1-3-12(8-6-10-14)15-13-9-5-4-7-11(13)2;1-3-5-7-9-11-10-8-6-4-2/h3-10H,1H2,2H3;1H,2H3/b10-6+,12-8+;. The van der Waals surface area contributed by atoms with Gasteiger partial charge in [-0.1, -0.05) is 42.3 Å². The van der Waals surface area contributed by atoms with Crippen molar-refractivity contribution in [3.05, 3.63) is 65.9 Å². The smallest absolute Gasteiger partial charge is 0.130 e. The van der Waals surface area contributed by atoms with Crippen molar-refractivity contribution in [3.8, 4) is 65.5 Å². The molecule has 26 heavy (non-hydrogen) atoms. The van der Waals surface area contributed by atoms with E-state index in [4.69, 9.17) is 22.8 Å². The van der Waals surface area contributed by atoms with Gasteiger partial charge in [-0.15, -0.1) is 6.42 Å². The number of allylic oxidation sites excluding steroid dienone is 3. The maximum Gasteiger partial charge on any atom is 0.130 e. The highest BCUT2D eigenvalue weighted by molar-refractivity contribution is 6.25. The molecular weight excluding hydrogens is 340 g/mol. The van der Waals surface area contributed by atoms with Crippen LogP contribution >= 0.6 is 11.6 Å². The molecular formula is C24H17ClO. The molecule has 0 radical (unpaired) electrons. The molecule has 0 heterocycles. The third-order valence-electron chi connectivity index (χ3n) is 2.43. The van der Waals surface area contributed by atoms with Crippen LogP contribution in [0.4, 0.5) is 0 Å². The summed E-state index contributed by atoms with van der Waals surface area (Å²) in [5.74, 6) is 23.4. The molecule has 0 amide bonds. The number of aryl methyl sites for hydroxylation is 1. The van der Waals surface area contributed by atoms with Gasteiger partial charge in [0.25, 0.3) is 0 Å². The monoisotopic (exact) mass is 356 g/mol. The molecule has 0 N–H and O–H groups in total. The normalized spacial score (nSPS) is 8.31. The van der Waals surface area contributed by atoms with Crippen LogP contribution in [0, 0.1) is 66.6 Å². The molecule has 0 spiro atoms. The second-order valence-electron chi connectivity index (χ2n) is 4.23. The van der Waals surface area contributed by atoms with Gasteiger partial charge in [-0.3, -0.25) is 0 Å². The van der Waals surface area contributed by atoms with Gasteiger partial charge >= 0.3 is 0 Å². The van der Waals surface area contributed by atoms with Crippen molar-refractivity contribution in [2.24, 2.45) is 0 Å². The molecule has 1 nitrogen and oxygen atoms in total. The van der Waals surface area contributed by atoms with Crippen LogP contribution < -0.4 is 4.74 Å². The van der Waals surface area contributed by atoms with E-state index in [-0.39, 0.29) is 0 Å². The van der Waals surface area contributed by atoms with Gasteiger partial charge in [0.15, 0.2) is 0 Å². The molecule has 0 atom stereocenters. The topological polar surface area (TPSA) is 9.23 Å². The first-order chi connectivity index (χ1) is 12.7. The Morgan fingerprint density at radius 1 is 1.08 bits per heavy atom. The summed E-state index contributed by atoms with van der Waals surface area (Å²) in [6, 6.07) is 7.81. The lowest BCUT2D eigenvalue weighted by atomic mass is 10.2. The van der Waals surface area contributed by atoms with E-state index in [0.717, 1.165) is 11.3 Å². The second kappa shape index (κ2) is 16.2. The molecule has 126 valence electrons. The predicted octanol–water partition coefficient (Wildman–Crippen LogP) is 4.85. The van der Waals surface area contributed by atoms with E-state index in [1.54, 1.807) is 25.2 Å².